The van der Waals surface area contributed by atoms with Gasteiger partial charge in [0.1, 0.15) is 29.4 Å². The molecule has 2 aromatic carbocycles. The zero-order valence-electron chi connectivity index (χ0n) is 17.9. The fourth-order valence-corrected chi connectivity index (χ4v) is 3.36. The highest BCUT2D eigenvalue weighted by molar-refractivity contribution is 8.13. The third-order valence-electron chi connectivity index (χ3n) is 4.47. The molecule has 0 aliphatic heterocycles. The first-order chi connectivity index (χ1) is 15.9. The highest BCUT2D eigenvalue weighted by Crippen LogP contribution is 2.27. The fraction of sp³-hybridized carbons (Fsp3) is 0.174. The van der Waals surface area contributed by atoms with E-state index in [1.807, 2.05) is 6.07 Å². The number of carbonyl (C=O) groups is 3. The zero-order chi connectivity index (χ0) is 23.8. The molecule has 3 aromatic rings. The van der Waals surface area contributed by atoms with Crippen molar-refractivity contribution in [2.45, 2.75) is 11.8 Å². The molecule has 3 N–H and O–H groups in total. The number of allylic oxidation sites excluding steroid dienone is 1. The molecule has 9 nitrogen and oxygen atoms in total. The topological polar surface area (TPSA) is 127 Å². The third kappa shape index (κ3) is 6.61. The summed E-state index contributed by atoms with van der Waals surface area (Å²) in [6, 6.07) is 13.8. The van der Waals surface area contributed by atoms with Crippen molar-refractivity contribution in [3.63, 3.8) is 0 Å². The van der Waals surface area contributed by atoms with Gasteiger partial charge < -0.3 is 19.2 Å². The van der Waals surface area contributed by atoms with Gasteiger partial charge in [-0.2, -0.15) is 0 Å². The van der Waals surface area contributed by atoms with E-state index in [-0.39, 0.29) is 13.2 Å². The van der Waals surface area contributed by atoms with Gasteiger partial charge in [0.05, 0.1) is 13.7 Å². The zero-order valence-corrected chi connectivity index (χ0v) is 18.7. The first-order valence-electron chi connectivity index (χ1n) is 9.83. The van der Waals surface area contributed by atoms with Crippen LogP contribution in [-0.2, 0) is 9.59 Å². The Morgan fingerprint density at radius 2 is 1.82 bits per heavy atom. The second kappa shape index (κ2) is 11.2. The molecule has 2 amide bonds. The Balaban J connectivity index is 1.47. The van der Waals surface area contributed by atoms with Crippen LogP contribution in [0.2, 0.25) is 0 Å². The summed E-state index contributed by atoms with van der Waals surface area (Å²) in [5, 5.41) is 11.3. The number of rotatable bonds is 9. The van der Waals surface area contributed by atoms with Crippen LogP contribution in [0, 0.1) is 0 Å². The number of fused-ring (bicyclic) bond motifs is 1. The number of hydrogen-bond donors (Lipinski definition) is 3. The summed E-state index contributed by atoms with van der Waals surface area (Å²) in [4.78, 5) is 36.0. The molecule has 33 heavy (non-hydrogen) atoms. The van der Waals surface area contributed by atoms with Gasteiger partial charge in [0, 0.05) is 10.3 Å². The molecule has 0 saturated heterocycles. The van der Waals surface area contributed by atoms with Crippen LogP contribution >= 0.6 is 11.8 Å². The van der Waals surface area contributed by atoms with Crippen LogP contribution < -0.4 is 20.3 Å². The molecule has 10 heteroatoms. The molecular formula is C23H22N2O7S. The normalized spacial score (nSPS) is 11.2. The van der Waals surface area contributed by atoms with Crippen molar-refractivity contribution in [3.8, 4) is 11.5 Å². The van der Waals surface area contributed by atoms with Gasteiger partial charge in [-0.05, 0) is 78.9 Å². The second-order valence-corrected chi connectivity index (χ2v) is 7.83. The molecule has 1 heterocycles. The summed E-state index contributed by atoms with van der Waals surface area (Å²) in [5.74, 6) is 0.257. The van der Waals surface area contributed by atoms with E-state index in [0.29, 0.717) is 33.3 Å². The van der Waals surface area contributed by atoms with Crippen molar-refractivity contribution in [2.75, 3.05) is 20.3 Å². The van der Waals surface area contributed by atoms with Gasteiger partial charge in [-0.15, -0.1) is 0 Å². The van der Waals surface area contributed by atoms with Crippen molar-refractivity contribution < 1.29 is 33.5 Å². The summed E-state index contributed by atoms with van der Waals surface area (Å²) in [5.41, 5.74) is 2.70. The predicted octanol–water partition coefficient (Wildman–Crippen LogP) is 3.80. The SMILES string of the molecule is COc1ccc2oc(/C(C)=C/C(=O)C(=O)NCCOc3ccc(SC(=O)NO)cc3)cc2c1. The number of benzene rings is 2. The van der Waals surface area contributed by atoms with Crippen molar-refractivity contribution in [2.24, 2.45) is 0 Å². The van der Waals surface area contributed by atoms with Gasteiger partial charge in [-0.3, -0.25) is 19.6 Å². The lowest BCUT2D eigenvalue weighted by Gasteiger charge is -2.07. The van der Waals surface area contributed by atoms with Crippen molar-refractivity contribution in [1.82, 2.24) is 10.8 Å². The summed E-state index contributed by atoms with van der Waals surface area (Å²) < 4.78 is 16.4. The van der Waals surface area contributed by atoms with Crippen LogP contribution in [0.25, 0.3) is 16.5 Å². The minimum atomic E-state index is -0.752. The minimum Gasteiger partial charge on any atom is -0.497 e. The van der Waals surface area contributed by atoms with Crippen LogP contribution in [0.3, 0.4) is 0 Å². The fourth-order valence-electron chi connectivity index (χ4n) is 2.83. The summed E-state index contributed by atoms with van der Waals surface area (Å²) in [6.45, 7) is 1.97. The third-order valence-corrected chi connectivity index (χ3v) is 5.25. The lowest BCUT2D eigenvalue weighted by Crippen LogP contribution is -2.33. The monoisotopic (exact) mass is 470 g/mol. The maximum Gasteiger partial charge on any atom is 0.307 e. The van der Waals surface area contributed by atoms with Crippen molar-refractivity contribution in [1.29, 1.82) is 0 Å². The largest absolute Gasteiger partial charge is 0.497 e. The number of thioether (sulfide) groups is 1. The van der Waals surface area contributed by atoms with Crippen LogP contribution in [0.5, 0.6) is 11.5 Å². The van der Waals surface area contributed by atoms with E-state index in [0.717, 1.165) is 17.1 Å². The number of hydroxylamine groups is 1. The summed E-state index contributed by atoms with van der Waals surface area (Å²) in [6.07, 6.45) is 1.23. The second-order valence-electron chi connectivity index (χ2n) is 6.78. The molecule has 3 rings (SSSR count). The molecule has 0 aliphatic rings. The number of nitrogens with one attached hydrogen (secondary N) is 2. The number of hydrogen-bond acceptors (Lipinski definition) is 8. The highest BCUT2D eigenvalue weighted by Gasteiger charge is 2.13. The summed E-state index contributed by atoms with van der Waals surface area (Å²) >= 11 is 0.826. The van der Waals surface area contributed by atoms with Gasteiger partial charge >= 0.3 is 5.24 Å². The van der Waals surface area contributed by atoms with E-state index in [1.165, 1.54) is 11.6 Å². The van der Waals surface area contributed by atoms with E-state index in [2.05, 4.69) is 5.32 Å². The van der Waals surface area contributed by atoms with E-state index in [4.69, 9.17) is 19.1 Å². The quantitative estimate of drug-likeness (QED) is 0.108. The van der Waals surface area contributed by atoms with Gasteiger partial charge in [-0.1, -0.05) is 0 Å². The van der Waals surface area contributed by atoms with E-state index in [1.54, 1.807) is 56.5 Å². The average Bonchev–Trinajstić information content (AvgIpc) is 3.26. The Labute approximate surface area is 193 Å². The Kier molecular flexibility index (Phi) is 8.11. The van der Waals surface area contributed by atoms with Gasteiger partial charge in [0.2, 0.25) is 5.78 Å². The number of amides is 2. The van der Waals surface area contributed by atoms with E-state index >= 15 is 0 Å². The van der Waals surface area contributed by atoms with Gasteiger partial charge in [0.25, 0.3) is 5.91 Å². The van der Waals surface area contributed by atoms with Crippen LogP contribution in [-0.4, -0.2) is 42.4 Å². The average molecular weight is 471 g/mol. The number of ether oxygens (including phenoxy) is 2. The molecule has 0 saturated carbocycles. The lowest BCUT2D eigenvalue weighted by molar-refractivity contribution is -0.135. The highest BCUT2D eigenvalue weighted by atomic mass is 32.2. The van der Waals surface area contributed by atoms with Crippen molar-refractivity contribution >= 4 is 45.2 Å². The summed E-state index contributed by atoms with van der Waals surface area (Å²) in [7, 11) is 1.58. The smallest absolute Gasteiger partial charge is 0.307 e. The molecular weight excluding hydrogens is 448 g/mol. The van der Waals surface area contributed by atoms with E-state index in [9.17, 15) is 14.4 Å². The molecule has 1 aromatic heterocycles. The van der Waals surface area contributed by atoms with Crippen LogP contribution in [0.15, 0.2) is 63.9 Å². The molecule has 0 unspecified atom stereocenters. The van der Waals surface area contributed by atoms with Crippen molar-refractivity contribution in [3.05, 3.63) is 60.4 Å². The molecule has 172 valence electrons. The Morgan fingerprint density at radius 1 is 1.09 bits per heavy atom. The Hall–Kier alpha value is -3.76. The maximum atomic E-state index is 12.2. The first-order valence-corrected chi connectivity index (χ1v) is 10.6. The molecule has 0 fully saturated rings. The predicted molar refractivity (Wildman–Crippen MR) is 123 cm³/mol. The number of methoxy groups -OCH3 is 1. The molecule has 0 radical (unpaired) electrons. The van der Waals surface area contributed by atoms with Gasteiger partial charge in [0.15, 0.2) is 0 Å². The maximum absolute atomic E-state index is 12.2. The number of ketones is 1. The van der Waals surface area contributed by atoms with E-state index < -0.39 is 16.9 Å². The number of furan rings is 1. The van der Waals surface area contributed by atoms with Gasteiger partial charge in [-0.25, -0.2) is 5.48 Å². The minimum absolute atomic E-state index is 0.130. The molecule has 0 spiro atoms. The standard InChI is InChI=1S/C23H22N2O7S/c1-14(21-13-15-12-17(30-2)5-8-20(15)32-21)11-19(26)22(27)24-9-10-31-16-3-6-18(7-4-16)33-23(28)25-29/h3-8,11-13,29H,9-10H2,1-2H3,(H,24,27)(H,25,28)/b14-11+. The van der Waals surface area contributed by atoms with Crippen LogP contribution in [0.1, 0.15) is 12.7 Å². The Morgan fingerprint density at radius 3 is 2.52 bits per heavy atom. The number of carbonyl (C=O) groups excluding carboxylic acids is 3. The lowest BCUT2D eigenvalue weighted by atomic mass is 10.1. The molecule has 0 atom stereocenters. The molecule has 0 aliphatic carbocycles. The first kappa shape index (κ1) is 23.9. The van der Waals surface area contributed by atoms with Crippen LogP contribution in [0.4, 0.5) is 4.79 Å². The molecule has 0 bridgehead atoms. The Bertz CT molecular complexity index is 1190.